The number of halogens is 1. The summed E-state index contributed by atoms with van der Waals surface area (Å²) in [6.45, 7) is 0. The monoisotopic (exact) mass is 156 g/mol. The Morgan fingerprint density at radius 3 is 0.857 bits per heavy atom. The van der Waals surface area contributed by atoms with Gasteiger partial charge in [-0.1, -0.05) is 0 Å². The van der Waals surface area contributed by atoms with Crippen molar-refractivity contribution in [2.75, 3.05) is 0 Å². The zero-order chi connectivity index (χ0) is 4.50. The van der Waals surface area contributed by atoms with E-state index in [0.717, 1.165) is 0 Å². The van der Waals surface area contributed by atoms with Gasteiger partial charge in [-0.3, -0.25) is 0 Å². The van der Waals surface area contributed by atoms with Gasteiger partial charge in [0, 0.05) is 0 Å². The molecule has 0 aromatic heterocycles. The van der Waals surface area contributed by atoms with E-state index >= 15 is 0 Å². The van der Waals surface area contributed by atoms with Gasteiger partial charge in [0.15, 0.2) is 0 Å². The van der Waals surface area contributed by atoms with E-state index in [1.807, 2.05) is 0 Å². The molecule has 0 fully saturated rings. The van der Waals surface area contributed by atoms with Gasteiger partial charge >= 0.3 is 38.6 Å². The van der Waals surface area contributed by atoms with Crippen LogP contribution in [-0.2, 0) is 0 Å². The van der Waals surface area contributed by atoms with Crippen LogP contribution in [0.25, 0.3) is 0 Å². The third-order valence-electron chi connectivity index (χ3n) is 0. The average molecular weight is 157 g/mol. The Kier molecular flexibility index (Phi) is 12.3. The van der Waals surface area contributed by atoms with Crippen molar-refractivity contribution >= 4 is 51.0 Å². The molecule has 0 rings (SSSR count). The molecule has 4 nitrogen and oxygen atoms in total. The fourth-order valence-corrected chi connectivity index (χ4v) is 0. The molecule has 4 N–H and O–H groups in total. The standard InChI is InChI=1S/ClH.Na.H4O4Si.H/c;;1-5(2,3)4;/h1H;;1-4H;. The van der Waals surface area contributed by atoms with Crippen molar-refractivity contribution in [3.8, 4) is 0 Å². The molecule has 0 aromatic carbocycles. The van der Waals surface area contributed by atoms with Crippen molar-refractivity contribution in [2.45, 2.75) is 0 Å². The van der Waals surface area contributed by atoms with Gasteiger partial charge in [0.1, 0.15) is 0 Å². The molecular formula is H6ClNaO4Si. The van der Waals surface area contributed by atoms with Crippen LogP contribution in [0.4, 0.5) is 0 Å². The topological polar surface area (TPSA) is 80.9 Å². The summed E-state index contributed by atoms with van der Waals surface area (Å²) in [6, 6.07) is 0. The second-order valence-corrected chi connectivity index (χ2v) is 1.80. The molecule has 7 heteroatoms. The molecule has 0 aliphatic heterocycles. The molecule has 0 spiro atoms. The van der Waals surface area contributed by atoms with E-state index in [9.17, 15) is 0 Å². The van der Waals surface area contributed by atoms with E-state index in [0.29, 0.717) is 0 Å². The van der Waals surface area contributed by atoms with Crippen molar-refractivity contribution < 1.29 is 19.2 Å². The summed E-state index contributed by atoms with van der Waals surface area (Å²) >= 11 is 0. The first-order chi connectivity index (χ1) is 2.00. The van der Waals surface area contributed by atoms with Gasteiger partial charge in [-0.15, -0.1) is 12.4 Å². The van der Waals surface area contributed by atoms with Gasteiger partial charge in [0.2, 0.25) is 0 Å². The van der Waals surface area contributed by atoms with Crippen LogP contribution in [0.1, 0.15) is 0 Å². The summed E-state index contributed by atoms with van der Waals surface area (Å²) in [7, 11) is -4.61. The van der Waals surface area contributed by atoms with Gasteiger partial charge in [-0.05, 0) is 0 Å². The van der Waals surface area contributed by atoms with Crippen LogP contribution < -0.4 is 0 Å². The predicted molar refractivity (Wildman–Crippen MR) is 29.0 cm³/mol. The Hall–Kier alpha value is 1.35. The normalized spacial score (nSPS) is 8.57. The van der Waals surface area contributed by atoms with Crippen LogP contribution in [0.2, 0.25) is 0 Å². The molecule has 0 unspecified atom stereocenters. The first kappa shape index (κ1) is 15.8. The van der Waals surface area contributed by atoms with Gasteiger partial charge in [-0.2, -0.15) is 0 Å². The van der Waals surface area contributed by atoms with E-state index in [1.54, 1.807) is 0 Å². The van der Waals surface area contributed by atoms with Gasteiger partial charge in [0.25, 0.3) is 0 Å². The molecule has 0 saturated carbocycles. The van der Waals surface area contributed by atoms with Crippen molar-refractivity contribution in [3.05, 3.63) is 0 Å². The summed E-state index contributed by atoms with van der Waals surface area (Å²) in [5, 5.41) is 0. The fourth-order valence-electron chi connectivity index (χ4n) is 0. The number of hydrogen-bond acceptors (Lipinski definition) is 4. The van der Waals surface area contributed by atoms with Crippen molar-refractivity contribution in [1.82, 2.24) is 0 Å². The Balaban J connectivity index is -0.0000000800. The fraction of sp³-hybridized carbons (Fsp3) is 0. The first-order valence-corrected chi connectivity index (χ1v) is 2.68. The molecule has 0 atom stereocenters. The Morgan fingerprint density at radius 1 is 0.857 bits per heavy atom. The number of rotatable bonds is 0. The third kappa shape index (κ3) is 116. The van der Waals surface area contributed by atoms with Crippen molar-refractivity contribution in [3.63, 3.8) is 0 Å². The molecule has 0 amide bonds. The molecule has 0 bridgehead atoms. The van der Waals surface area contributed by atoms with Crippen molar-refractivity contribution in [2.24, 2.45) is 0 Å². The summed E-state index contributed by atoms with van der Waals surface area (Å²) in [6.07, 6.45) is 0. The van der Waals surface area contributed by atoms with Gasteiger partial charge in [0.05, 0.1) is 0 Å². The van der Waals surface area contributed by atoms with Gasteiger partial charge in [-0.25, -0.2) is 0 Å². The maximum absolute atomic E-state index is 7.33. The molecule has 0 heterocycles. The van der Waals surface area contributed by atoms with Crippen LogP contribution in [0.5, 0.6) is 0 Å². The molecule has 7 heavy (non-hydrogen) atoms. The van der Waals surface area contributed by atoms with Gasteiger partial charge < -0.3 is 19.2 Å². The molecule has 42 valence electrons. The number of hydrogen-bond donors (Lipinski definition) is 4. The van der Waals surface area contributed by atoms with E-state index in [-0.39, 0.29) is 42.0 Å². The Labute approximate surface area is 70.0 Å². The molecule has 0 aliphatic rings. The predicted octanol–water partition coefficient (Wildman–Crippen LogP) is -2.84. The van der Waals surface area contributed by atoms with E-state index in [4.69, 9.17) is 19.2 Å². The zero-order valence-electron chi connectivity index (χ0n) is 2.70. The Bertz CT molecular complexity index is 27.2. The summed E-state index contributed by atoms with van der Waals surface area (Å²) in [4.78, 5) is 29.3. The van der Waals surface area contributed by atoms with E-state index < -0.39 is 9.05 Å². The van der Waals surface area contributed by atoms with E-state index in [2.05, 4.69) is 0 Å². The first-order valence-electron chi connectivity index (χ1n) is 0.894. The second-order valence-electron chi connectivity index (χ2n) is 0.600. The van der Waals surface area contributed by atoms with Crippen molar-refractivity contribution in [1.29, 1.82) is 0 Å². The van der Waals surface area contributed by atoms with Crippen LogP contribution in [0, 0.1) is 0 Å². The second kappa shape index (κ2) is 5.48. The summed E-state index contributed by atoms with van der Waals surface area (Å²) < 4.78 is 0. The van der Waals surface area contributed by atoms with Crippen LogP contribution in [0.3, 0.4) is 0 Å². The van der Waals surface area contributed by atoms with Crippen LogP contribution in [-0.4, -0.2) is 57.8 Å². The average Bonchev–Trinajstić information content (AvgIpc) is 0.722. The molecule has 0 aliphatic carbocycles. The summed E-state index contributed by atoms with van der Waals surface area (Å²) in [5.74, 6) is 0. The van der Waals surface area contributed by atoms with Crippen LogP contribution >= 0.6 is 12.4 Å². The minimum absolute atomic E-state index is 0. The SMILES string of the molecule is Cl.O[Si](O)(O)O.[NaH]. The summed E-state index contributed by atoms with van der Waals surface area (Å²) in [5.41, 5.74) is 0. The molecule has 0 saturated heterocycles. The minimum atomic E-state index is -4.61. The van der Waals surface area contributed by atoms with Crippen LogP contribution in [0.15, 0.2) is 0 Å². The molecule has 0 aromatic rings. The molecular weight excluding hydrogens is 151 g/mol. The maximum atomic E-state index is 7.33. The quantitative estimate of drug-likeness (QED) is 0.285. The zero-order valence-corrected chi connectivity index (χ0v) is 4.51. The molecule has 0 radical (unpaired) electrons. The Morgan fingerprint density at radius 2 is 0.857 bits per heavy atom. The third-order valence-corrected chi connectivity index (χ3v) is 0. The van der Waals surface area contributed by atoms with E-state index in [1.165, 1.54) is 0 Å².